The van der Waals surface area contributed by atoms with E-state index in [9.17, 15) is 5.11 Å². The van der Waals surface area contributed by atoms with Crippen molar-refractivity contribution in [2.75, 3.05) is 12.4 Å². The molecule has 19 heavy (non-hydrogen) atoms. The van der Waals surface area contributed by atoms with Crippen molar-refractivity contribution < 1.29 is 9.84 Å². The van der Waals surface area contributed by atoms with Crippen LogP contribution in [0.25, 0.3) is 0 Å². The van der Waals surface area contributed by atoms with E-state index in [4.69, 9.17) is 4.74 Å². The van der Waals surface area contributed by atoms with Crippen molar-refractivity contribution in [3.05, 3.63) is 53.6 Å². The molecule has 0 fully saturated rings. The number of nitrogens with one attached hydrogen (secondary N) is 1. The highest BCUT2D eigenvalue weighted by molar-refractivity contribution is 5.50. The molecule has 0 amide bonds. The fraction of sp³-hybridized carbons (Fsp3) is 0.250. The molecule has 0 aromatic heterocycles. The first-order valence-corrected chi connectivity index (χ1v) is 6.30. The summed E-state index contributed by atoms with van der Waals surface area (Å²) in [7, 11) is 1.65. The smallest absolute Gasteiger partial charge is 0.120 e. The molecule has 0 aliphatic carbocycles. The number of phenolic OH excluding ortho intramolecular Hbond substituents is 1. The molecule has 1 atom stereocenters. The number of anilines is 1. The number of aryl methyl sites for hydroxylation is 1. The normalized spacial score (nSPS) is 11.9. The molecule has 2 aromatic carbocycles. The van der Waals surface area contributed by atoms with Gasteiger partial charge in [-0.25, -0.2) is 0 Å². The largest absolute Gasteiger partial charge is 0.508 e. The van der Waals surface area contributed by atoms with Gasteiger partial charge >= 0.3 is 0 Å². The second-order valence-electron chi connectivity index (χ2n) is 4.66. The maximum absolute atomic E-state index is 9.91. The van der Waals surface area contributed by atoms with Gasteiger partial charge in [-0.2, -0.15) is 0 Å². The molecule has 0 saturated carbocycles. The van der Waals surface area contributed by atoms with Gasteiger partial charge in [-0.3, -0.25) is 0 Å². The Bertz CT molecular complexity index is 549. The molecule has 100 valence electrons. The molecule has 2 rings (SSSR count). The van der Waals surface area contributed by atoms with E-state index >= 15 is 0 Å². The molecule has 0 bridgehead atoms. The monoisotopic (exact) mass is 257 g/mol. The fourth-order valence-corrected chi connectivity index (χ4v) is 2.04. The number of methoxy groups -OCH3 is 1. The van der Waals surface area contributed by atoms with Crippen molar-refractivity contribution >= 4 is 5.69 Å². The van der Waals surface area contributed by atoms with Crippen molar-refractivity contribution in [2.45, 2.75) is 19.9 Å². The summed E-state index contributed by atoms with van der Waals surface area (Å²) >= 11 is 0. The Morgan fingerprint density at radius 2 is 1.79 bits per heavy atom. The summed E-state index contributed by atoms with van der Waals surface area (Å²) in [4.78, 5) is 0. The molecular formula is C16H19NO2. The minimum Gasteiger partial charge on any atom is -0.508 e. The van der Waals surface area contributed by atoms with Crippen molar-refractivity contribution in [2.24, 2.45) is 0 Å². The van der Waals surface area contributed by atoms with Crippen LogP contribution in [0, 0.1) is 6.92 Å². The minimum absolute atomic E-state index is 0.0355. The first-order chi connectivity index (χ1) is 9.10. The van der Waals surface area contributed by atoms with Gasteiger partial charge in [0.05, 0.1) is 13.2 Å². The summed E-state index contributed by atoms with van der Waals surface area (Å²) in [6, 6.07) is 13.4. The Hall–Kier alpha value is -2.16. The van der Waals surface area contributed by atoms with E-state index in [2.05, 4.69) is 5.32 Å². The van der Waals surface area contributed by atoms with Gasteiger partial charge < -0.3 is 15.2 Å². The second-order valence-corrected chi connectivity index (χ2v) is 4.66. The Kier molecular flexibility index (Phi) is 3.95. The average molecular weight is 257 g/mol. The van der Waals surface area contributed by atoms with Crippen LogP contribution < -0.4 is 10.1 Å². The molecule has 0 heterocycles. The highest BCUT2D eigenvalue weighted by Gasteiger charge is 2.10. The van der Waals surface area contributed by atoms with Gasteiger partial charge in [0, 0.05) is 11.3 Å². The van der Waals surface area contributed by atoms with E-state index in [-0.39, 0.29) is 6.04 Å². The zero-order chi connectivity index (χ0) is 13.8. The topological polar surface area (TPSA) is 41.5 Å². The molecule has 2 N–H and O–H groups in total. The van der Waals surface area contributed by atoms with Crippen LogP contribution in [0.5, 0.6) is 11.5 Å². The summed E-state index contributed by atoms with van der Waals surface area (Å²) < 4.78 is 5.13. The lowest BCUT2D eigenvalue weighted by atomic mass is 10.0. The lowest BCUT2D eigenvalue weighted by molar-refractivity contribution is 0.415. The van der Waals surface area contributed by atoms with Gasteiger partial charge in [-0.1, -0.05) is 17.7 Å². The number of aromatic hydroxyl groups is 1. The fourth-order valence-electron chi connectivity index (χ4n) is 2.04. The lowest BCUT2D eigenvalue weighted by Crippen LogP contribution is -2.07. The molecule has 3 nitrogen and oxygen atoms in total. The van der Waals surface area contributed by atoms with Crippen LogP contribution in [0.3, 0.4) is 0 Å². The second kappa shape index (κ2) is 5.65. The van der Waals surface area contributed by atoms with E-state index in [0.29, 0.717) is 5.75 Å². The summed E-state index contributed by atoms with van der Waals surface area (Å²) in [5.74, 6) is 1.15. The predicted molar refractivity (Wildman–Crippen MR) is 77.9 cm³/mol. The molecule has 1 unspecified atom stereocenters. The van der Waals surface area contributed by atoms with Crippen LogP contribution >= 0.6 is 0 Å². The maximum atomic E-state index is 9.91. The van der Waals surface area contributed by atoms with Crippen LogP contribution in [0.4, 0.5) is 5.69 Å². The minimum atomic E-state index is 0.0355. The van der Waals surface area contributed by atoms with E-state index < -0.39 is 0 Å². The van der Waals surface area contributed by atoms with Gasteiger partial charge in [0.2, 0.25) is 0 Å². The molecular weight excluding hydrogens is 238 g/mol. The summed E-state index contributed by atoms with van der Waals surface area (Å²) in [5.41, 5.74) is 3.03. The van der Waals surface area contributed by atoms with E-state index in [0.717, 1.165) is 22.6 Å². The van der Waals surface area contributed by atoms with Crippen LogP contribution in [0.1, 0.15) is 24.1 Å². The lowest BCUT2D eigenvalue weighted by Gasteiger charge is -2.17. The zero-order valence-corrected chi connectivity index (χ0v) is 11.5. The highest BCUT2D eigenvalue weighted by atomic mass is 16.5. The number of hydrogen-bond donors (Lipinski definition) is 2. The Morgan fingerprint density at radius 3 is 2.42 bits per heavy atom. The molecule has 0 saturated heterocycles. The Morgan fingerprint density at radius 1 is 1.11 bits per heavy atom. The first-order valence-electron chi connectivity index (χ1n) is 6.30. The third kappa shape index (κ3) is 3.19. The number of ether oxygens (including phenoxy) is 1. The predicted octanol–water partition coefficient (Wildman–Crippen LogP) is 3.88. The highest BCUT2D eigenvalue weighted by Crippen LogP contribution is 2.28. The maximum Gasteiger partial charge on any atom is 0.120 e. The van der Waals surface area contributed by atoms with Gasteiger partial charge in [-0.15, -0.1) is 0 Å². The first kappa shape index (κ1) is 13.3. The van der Waals surface area contributed by atoms with Crippen LogP contribution in [0.2, 0.25) is 0 Å². The summed E-state index contributed by atoms with van der Waals surface area (Å²) in [6.07, 6.45) is 0. The molecule has 0 radical (unpaired) electrons. The van der Waals surface area contributed by atoms with Gasteiger partial charge in [0.25, 0.3) is 0 Å². The van der Waals surface area contributed by atoms with Crippen LogP contribution in [-0.2, 0) is 0 Å². The van der Waals surface area contributed by atoms with Crippen molar-refractivity contribution in [1.29, 1.82) is 0 Å². The van der Waals surface area contributed by atoms with Gasteiger partial charge in [0.15, 0.2) is 0 Å². The van der Waals surface area contributed by atoms with Crippen molar-refractivity contribution in [3.63, 3.8) is 0 Å². The number of rotatable bonds is 4. The zero-order valence-electron chi connectivity index (χ0n) is 11.5. The molecule has 2 aromatic rings. The number of benzene rings is 2. The SMILES string of the molecule is COc1ccc(NC(C)c2cc(C)ccc2O)cc1. The third-order valence-corrected chi connectivity index (χ3v) is 3.12. The van der Waals surface area contributed by atoms with Gasteiger partial charge in [-0.05, 0) is 44.2 Å². The van der Waals surface area contributed by atoms with Gasteiger partial charge in [0.1, 0.15) is 11.5 Å². The van der Waals surface area contributed by atoms with Crippen LogP contribution in [0.15, 0.2) is 42.5 Å². The van der Waals surface area contributed by atoms with E-state index in [1.54, 1.807) is 13.2 Å². The summed E-state index contributed by atoms with van der Waals surface area (Å²) in [5, 5.41) is 13.3. The molecule has 0 aliphatic heterocycles. The third-order valence-electron chi connectivity index (χ3n) is 3.12. The standard InChI is InChI=1S/C16H19NO2/c1-11-4-9-16(18)15(10-11)12(2)17-13-5-7-14(19-3)8-6-13/h4-10,12,17-18H,1-3H3. The van der Waals surface area contributed by atoms with Crippen molar-refractivity contribution in [1.82, 2.24) is 0 Å². The Balaban J connectivity index is 2.15. The number of phenols is 1. The van der Waals surface area contributed by atoms with E-state index in [1.807, 2.05) is 50.2 Å². The molecule has 0 spiro atoms. The van der Waals surface area contributed by atoms with Crippen molar-refractivity contribution in [3.8, 4) is 11.5 Å². The molecule has 0 aliphatic rings. The quantitative estimate of drug-likeness (QED) is 0.873. The Labute approximate surface area is 113 Å². The van der Waals surface area contributed by atoms with Crippen LogP contribution in [-0.4, -0.2) is 12.2 Å². The van der Waals surface area contributed by atoms with E-state index in [1.165, 1.54) is 0 Å². The number of hydrogen-bond acceptors (Lipinski definition) is 3. The summed E-state index contributed by atoms with van der Waals surface area (Å²) in [6.45, 7) is 4.04. The average Bonchev–Trinajstić information content (AvgIpc) is 2.42. The molecule has 3 heteroatoms.